The maximum Gasteiger partial charge on any atom is 0.475 e. The summed E-state index contributed by atoms with van der Waals surface area (Å²) in [6.45, 7) is 1.56. The number of benzene rings is 3. The molecule has 0 spiro atoms. The Morgan fingerprint density at radius 1 is 0.942 bits per heavy atom. The average Bonchev–Trinajstić information content (AvgIpc) is 3.55. The number of rotatable bonds is 14. The van der Waals surface area contributed by atoms with Gasteiger partial charge in [0.1, 0.15) is 30.7 Å². The van der Waals surface area contributed by atoms with Crippen molar-refractivity contribution >= 4 is 43.6 Å². The van der Waals surface area contributed by atoms with Crippen LogP contribution >= 0.6 is 7.82 Å². The number of amides is 3. The second kappa shape index (κ2) is 16.7. The highest BCUT2D eigenvalue weighted by atomic mass is 31.2. The van der Waals surface area contributed by atoms with E-state index in [1.165, 1.54) is 35.4 Å². The van der Waals surface area contributed by atoms with Crippen LogP contribution in [0.4, 0.5) is 20.7 Å². The van der Waals surface area contributed by atoms with Crippen molar-refractivity contribution in [2.45, 2.75) is 26.2 Å². The van der Waals surface area contributed by atoms with E-state index in [4.69, 9.17) is 18.3 Å². The largest absolute Gasteiger partial charge is 0.475 e. The molecule has 6 rings (SSSR count). The highest BCUT2D eigenvalue weighted by Crippen LogP contribution is 2.51. The molecule has 0 aliphatic carbocycles. The lowest BCUT2D eigenvalue weighted by Gasteiger charge is -2.28. The molecular formula is C36H36FN6O8P. The maximum atomic E-state index is 15.2. The quantitative estimate of drug-likeness (QED) is 0.165. The Kier molecular flexibility index (Phi) is 11.7. The number of anilines is 2. The molecule has 0 saturated carbocycles. The van der Waals surface area contributed by atoms with Gasteiger partial charge in [-0.1, -0.05) is 60.7 Å². The molecule has 3 amide bonds. The minimum atomic E-state index is -4.15. The van der Waals surface area contributed by atoms with Crippen molar-refractivity contribution in [3.8, 4) is 11.1 Å². The number of hydrogen-bond donors (Lipinski definition) is 1. The second-order valence-corrected chi connectivity index (χ2v) is 13.5. The van der Waals surface area contributed by atoms with Crippen LogP contribution in [0.2, 0.25) is 0 Å². The van der Waals surface area contributed by atoms with Gasteiger partial charge >= 0.3 is 13.9 Å². The third-order valence-corrected chi connectivity index (χ3v) is 9.39. The predicted octanol–water partition coefficient (Wildman–Crippen LogP) is 5.50. The lowest BCUT2D eigenvalue weighted by atomic mass is 10.1. The molecule has 2 aliphatic heterocycles. The van der Waals surface area contributed by atoms with Gasteiger partial charge in [-0.25, -0.2) is 23.7 Å². The molecule has 16 heteroatoms. The molecule has 52 heavy (non-hydrogen) atoms. The van der Waals surface area contributed by atoms with Gasteiger partial charge in [-0.15, -0.1) is 0 Å². The van der Waals surface area contributed by atoms with E-state index in [1.807, 2.05) is 60.7 Å². The van der Waals surface area contributed by atoms with E-state index >= 15 is 4.39 Å². The van der Waals surface area contributed by atoms with E-state index < -0.39 is 38.4 Å². The smallest absolute Gasteiger partial charge is 0.442 e. The van der Waals surface area contributed by atoms with Crippen LogP contribution in [0.25, 0.3) is 11.1 Å². The molecule has 14 nitrogen and oxygen atoms in total. The van der Waals surface area contributed by atoms with Gasteiger partial charge in [0.05, 0.1) is 38.5 Å². The van der Waals surface area contributed by atoms with Gasteiger partial charge < -0.3 is 15.0 Å². The number of hydrazone groups is 1. The summed E-state index contributed by atoms with van der Waals surface area (Å²) in [5, 5.41) is 8.02. The van der Waals surface area contributed by atoms with Gasteiger partial charge in [0.2, 0.25) is 5.91 Å². The van der Waals surface area contributed by atoms with Crippen molar-refractivity contribution in [3.63, 3.8) is 0 Å². The molecule has 0 unspecified atom stereocenters. The minimum absolute atomic E-state index is 0.0424. The number of pyridine rings is 1. The second-order valence-electron chi connectivity index (χ2n) is 11.8. The predicted molar refractivity (Wildman–Crippen MR) is 190 cm³/mol. The molecule has 1 atom stereocenters. The number of phosphoric acid groups is 1. The fraction of sp³-hybridized carbons (Fsp3) is 0.250. The van der Waals surface area contributed by atoms with Crippen molar-refractivity contribution in [1.29, 1.82) is 0 Å². The maximum absolute atomic E-state index is 15.2. The van der Waals surface area contributed by atoms with Crippen LogP contribution in [0, 0.1) is 5.82 Å². The fourth-order valence-electron chi connectivity index (χ4n) is 5.30. The molecule has 1 aromatic heterocycles. The summed E-state index contributed by atoms with van der Waals surface area (Å²) in [5.74, 6) is -0.820. The zero-order valence-electron chi connectivity index (χ0n) is 28.2. The lowest BCUT2D eigenvalue weighted by Crippen LogP contribution is -2.42. The molecule has 270 valence electrons. The van der Waals surface area contributed by atoms with Crippen LogP contribution in [0.3, 0.4) is 0 Å². The SMILES string of the molecule is CC(=O)NC[C@H]1CN(c2ccc(-c3ccc(N4C=NN(C(=O)COP(=O)(OCc5ccccc5)OCc5ccccc5)CC4)nc3)c(F)c2)C(=O)O1. The number of carbonyl (C=O) groups is 3. The number of nitrogens with one attached hydrogen (secondary N) is 1. The number of halogens is 1. The standard InChI is InChI=1S/C36H36FN6O8P/c1-26(44)38-20-31-21-42(36(46)51-31)30-13-14-32(33(37)18-30)29-12-15-34(39-19-29)41-16-17-43(40-25-41)35(45)24-50-52(47,48-22-27-8-4-2-5-9-27)49-23-28-10-6-3-7-11-28/h2-15,18-19,25,31H,16-17,20-24H2,1H3,(H,38,44)/t31-/m0/s1. The zero-order valence-corrected chi connectivity index (χ0v) is 29.1. The molecular weight excluding hydrogens is 694 g/mol. The first-order valence-corrected chi connectivity index (χ1v) is 17.8. The van der Waals surface area contributed by atoms with E-state index in [2.05, 4.69) is 15.4 Å². The summed E-state index contributed by atoms with van der Waals surface area (Å²) in [6.07, 6.45) is 1.79. The molecule has 1 N–H and O–H groups in total. The van der Waals surface area contributed by atoms with Crippen LogP contribution < -0.4 is 15.1 Å². The molecule has 3 heterocycles. The normalized spacial score (nSPS) is 15.8. The summed E-state index contributed by atoms with van der Waals surface area (Å²) >= 11 is 0. The minimum Gasteiger partial charge on any atom is -0.442 e. The Bertz CT molecular complexity index is 1910. The first kappa shape index (κ1) is 36.3. The molecule has 0 bridgehead atoms. The number of cyclic esters (lactones) is 1. The number of phosphoric ester groups is 1. The fourth-order valence-corrected chi connectivity index (χ4v) is 6.41. The van der Waals surface area contributed by atoms with Crippen molar-refractivity contribution < 1.29 is 41.6 Å². The molecule has 3 aromatic carbocycles. The number of nitrogens with zero attached hydrogens (tertiary/aromatic N) is 5. The Labute approximate surface area is 299 Å². The van der Waals surface area contributed by atoms with E-state index in [9.17, 15) is 18.9 Å². The van der Waals surface area contributed by atoms with Gasteiger partial charge in [0.15, 0.2) is 0 Å². The Balaban J connectivity index is 1.03. The highest BCUT2D eigenvalue weighted by Gasteiger charge is 2.33. The summed E-state index contributed by atoms with van der Waals surface area (Å²) in [4.78, 5) is 44.0. The summed E-state index contributed by atoms with van der Waals surface area (Å²) in [7, 11) is -4.15. The number of carbonyl (C=O) groups excluding carboxylic acids is 3. The van der Waals surface area contributed by atoms with Gasteiger partial charge in [0.25, 0.3) is 5.91 Å². The Morgan fingerprint density at radius 3 is 2.21 bits per heavy atom. The topological polar surface area (TPSA) is 152 Å². The van der Waals surface area contributed by atoms with Gasteiger partial charge in [-0.05, 0) is 41.5 Å². The van der Waals surface area contributed by atoms with Crippen molar-refractivity contribution in [2.75, 3.05) is 42.6 Å². The first-order valence-electron chi connectivity index (χ1n) is 16.4. The van der Waals surface area contributed by atoms with Crippen molar-refractivity contribution in [1.82, 2.24) is 15.3 Å². The van der Waals surface area contributed by atoms with Crippen molar-refractivity contribution in [2.24, 2.45) is 5.10 Å². The summed E-state index contributed by atoms with van der Waals surface area (Å²) in [6, 6.07) is 26.1. The molecule has 2 aliphatic rings. The van der Waals surface area contributed by atoms with Crippen LogP contribution in [-0.2, 0) is 45.7 Å². The van der Waals surface area contributed by atoms with Gasteiger partial charge in [0, 0.05) is 30.8 Å². The van der Waals surface area contributed by atoms with Crippen LogP contribution in [0.1, 0.15) is 18.1 Å². The zero-order chi connectivity index (χ0) is 36.5. The first-order chi connectivity index (χ1) is 25.2. The van der Waals surface area contributed by atoms with E-state index in [0.29, 0.717) is 23.6 Å². The molecule has 0 radical (unpaired) electrons. The van der Waals surface area contributed by atoms with E-state index in [1.54, 1.807) is 29.2 Å². The molecule has 4 aromatic rings. The lowest BCUT2D eigenvalue weighted by molar-refractivity contribution is -0.134. The summed E-state index contributed by atoms with van der Waals surface area (Å²) in [5.41, 5.74) is 2.64. The van der Waals surface area contributed by atoms with Gasteiger partial charge in [-0.2, -0.15) is 5.10 Å². The number of hydrogen-bond acceptors (Lipinski definition) is 11. The molecule has 1 saturated heterocycles. The third-order valence-electron chi connectivity index (χ3n) is 8.05. The van der Waals surface area contributed by atoms with E-state index in [0.717, 1.165) is 11.1 Å². The van der Waals surface area contributed by atoms with Crippen molar-refractivity contribution in [3.05, 3.63) is 114 Å². The average molecular weight is 731 g/mol. The monoisotopic (exact) mass is 730 g/mol. The van der Waals surface area contributed by atoms with Crippen LogP contribution in [-0.4, -0.2) is 73.1 Å². The Hall–Kier alpha value is -5.47. The van der Waals surface area contributed by atoms with E-state index in [-0.39, 0.29) is 44.3 Å². The van der Waals surface area contributed by atoms with Crippen LogP contribution in [0.15, 0.2) is 102 Å². The molecule has 1 fully saturated rings. The van der Waals surface area contributed by atoms with Gasteiger partial charge in [-0.3, -0.25) is 28.1 Å². The number of aromatic nitrogens is 1. The number of ether oxygens (including phenoxy) is 1. The summed E-state index contributed by atoms with van der Waals surface area (Å²) < 4.78 is 50.7. The Morgan fingerprint density at radius 2 is 1.63 bits per heavy atom. The highest BCUT2D eigenvalue weighted by molar-refractivity contribution is 7.48. The third kappa shape index (κ3) is 9.44. The van der Waals surface area contributed by atoms with Crippen LogP contribution in [0.5, 0.6) is 0 Å².